The van der Waals surface area contributed by atoms with Crippen LogP contribution in [0.25, 0.3) is 0 Å². The molecule has 0 heterocycles. The molecule has 0 bridgehead atoms. The zero-order chi connectivity index (χ0) is 13.4. The van der Waals surface area contributed by atoms with E-state index in [2.05, 4.69) is 0 Å². The van der Waals surface area contributed by atoms with Gasteiger partial charge in [0, 0.05) is 6.61 Å². The van der Waals surface area contributed by atoms with Crippen molar-refractivity contribution in [3.63, 3.8) is 0 Å². The second-order valence-electron chi connectivity index (χ2n) is 3.95. The van der Waals surface area contributed by atoms with E-state index in [0.717, 1.165) is 5.56 Å². The predicted molar refractivity (Wildman–Crippen MR) is 70.1 cm³/mol. The molecule has 4 heteroatoms. The topological polar surface area (TPSA) is 58.9 Å². The van der Waals surface area contributed by atoms with Crippen LogP contribution in [-0.2, 0) is 0 Å². The van der Waals surface area contributed by atoms with Crippen LogP contribution in [0.15, 0.2) is 18.2 Å². The van der Waals surface area contributed by atoms with Gasteiger partial charge in [-0.25, -0.2) is 0 Å². The standard InChI is InChI=1S/C14H22O4/c1-3-17-13-8-7-11(10-14(13)18-4-2)12(16)6-5-9-15/h7-8,10,12,15-16H,3-6,9H2,1-2H3. The molecule has 0 aliphatic rings. The minimum Gasteiger partial charge on any atom is -0.490 e. The molecule has 1 atom stereocenters. The van der Waals surface area contributed by atoms with Crippen LogP contribution in [0.5, 0.6) is 11.5 Å². The highest BCUT2D eigenvalue weighted by Gasteiger charge is 2.11. The molecule has 0 saturated carbocycles. The van der Waals surface area contributed by atoms with Crippen molar-refractivity contribution in [2.45, 2.75) is 32.8 Å². The normalized spacial score (nSPS) is 12.2. The van der Waals surface area contributed by atoms with Crippen LogP contribution in [0.4, 0.5) is 0 Å². The Morgan fingerprint density at radius 1 is 1.11 bits per heavy atom. The lowest BCUT2D eigenvalue weighted by Crippen LogP contribution is -2.02. The van der Waals surface area contributed by atoms with Crippen molar-refractivity contribution in [2.24, 2.45) is 0 Å². The summed E-state index contributed by atoms with van der Waals surface area (Å²) < 4.78 is 11.0. The van der Waals surface area contributed by atoms with Crippen molar-refractivity contribution in [1.29, 1.82) is 0 Å². The van der Waals surface area contributed by atoms with Gasteiger partial charge in [-0.2, -0.15) is 0 Å². The van der Waals surface area contributed by atoms with E-state index in [1.807, 2.05) is 26.0 Å². The molecule has 18 heavy (non-hydrogen) atoms. The molecule has 0 amide bonds. The van der Waals surface area contributed by atoms with E-state index in [4.69, 9.17) is 14.6 Å². The predicted octanol–water partition coefficient (Wildman–Crippen LogP) is 2.29. The molecule has 1 unspecified atom stereocenters. The van der Waals surface area contributed by atoms with Crippen molar-refractivity contribution in [1.82, 2.24) is 0 Å². The molecule has 4 nitrogen and oxygen atoms in total. The third-order valence-electron chi connectivity index (χ3n) is 2.59. The van der Waals surface area contributed by atoms with Gasteiger partial charge in [-0.15, -0.1) is 0 Å². The second kappa shape index (κ2) is 7.95. The maximum atomic E-state index is 9.96. The second-order valence-corrected chi connectivity index (χ2v) is 3.95. The summed E-state index contributed by atoms with van der Waals surface area (Å²) >= 11 is 0. The molecule has 0 saturated heterocycles. The highest BCUT2D eigenvalue weighted by molar-refractivity contribution is 5.43. The van der Waals surface area contributed by atoms with Gasteiger partial charge in [0.05, 0.1) is 19.3 Å². The van der Waals surface area contributed by atoms with Crippen LogP contribution in [-0.4, -0.2) is 30.0 Å². The van der Waals surface area contributed by atoms with E-state index in [9.17, 15) is 5.11 Å². The number of aliphatic hydroxyl groups excluding tert-OH is 2. The first kappa shape index (κ1) is 14.8. The van der Waals surface area contributed by atoms with E-state index in [1.165, 1.54) is 0 Å². The number of hydrogen-bond donors (Lipinski definition) is 2. The summed E-state index contributed by atoms with van der Waals surface area (Å²) in [5.74, 6) is 1.34. The van der Waals surface area contributed by atoms with Crippen molar-refractivity contribution in [3.05, 3.63) is 23.8 Å². The largest absolute Gasteiger partial charge is 0.490 e. The fourth-order valence-electron chi connectivity index (χ4n) is 1.73. The molecule has 0 aliphatic carbocycles. The molecule has 0 spiro atoms. The molecule has 1 rings (SSSR count). The van der Waals surface area contributed by atoms with Gasteiger partial charge in [0.1, 0.15) is 0 Å². The van der Waals surface area contributed by atoms with Crippen LogP contribution in [0, 0.1) is 0 Å². The van der Waals surface area contributed by atoms with Gasteiger partial charge in [0.25, 0.3) is 0 Å². The Hall–Kier alpha value is -1.26. The summed E-state index contributed by atoms with van der Waals surface area (Å²) in [5, 5.41) is 18.7. The van der Waals surface area contributed by atoms with Gasteiger partial charge < -0.3 is 19.7 Å². The Kier molecular flexibility index (Phi) is 6.54. The Morgan fingerprint density at radius 2 is 1.78 bits per heavy atom. The SMILES string of the molecule is CCOc1ccc(C(O)CCCO)cc1OCC. The summed E-state index contributed by atoms with van der Waals surface area (Å²) in [4.78, 5) is 0. The van der Waals surface area contributed by atoms with Crippen LogP contribution in [0.2, 0.25) is 0 Å². The fraction of sp³-hybridized carbons (Fsp3) is 0.571. The van der Waals surface area contributed by atoms with E-state index in [-0.39, 0.29) is 6.61 Å². The highest BCUT2D eigenvalue weighted by atomic mass is 16.5. The lowest BCUT2D eigenvalue weighted by atomic mass is 10.0. The highest BCUT2D eigenvalue weighted by Crippen LogP contribution is 2.31. The number of rotatable bonds is 8. The minimum absolute atomic E-state index is 0.0897. The fourth-order valence-corrected chi connectivity index (χ4v) is 1.73. The summed E-state index contributed by atoms with van der Waals surface area (Å²) in [7, 11) is 0. The number of aliphatic hydroxyl groups is 2. The summed E-state index contributed by atoms with van der Waals surface area (Å²) in [6, 6.07) is 5.44. The monoisotopic (exact) mass is 254 g/mol. The van der Waals surface area contributed by atoms with Gasteiger partial charge in [-0.3, -0.25) is 0 Å². The summed E-state index contributed by atoms with van der Waals surface area (Å²) in [5.41, 5.74) is 0.787. The van der Waals surface area contributed by atoms with E-state index in [1.54, 1.807) is 6.07 Å². The van der Waals surface area contributed by atoms with Crippen molar-refractivity contribution in [2.75, 3.05) is 19.8 Å². The molecule has 1 aromatic carbocycles. The van der Waals surface area contributed by atoms with Crippen molar-refractivity contribution >= 4 is 0 Å². The third kappa shape index (κ3) is 4.20. The Labute approximate surface area is 108 Å². The van der Waals surface area contributed by atoms with E-state index < -0.39 is 6.10 Å². The Balaban J connectivity index is 2.84. The molecule has 0 aromatic heterocycles. The average molecular weight is 254 g/mol. The van der Waals surface area contributed by atoms with Gasteiger partial charge in [-0.05, 0) is 44.4 Å². The Bertz CT molecular complexity index is 352. The molecule has 0 aliphatic heterocycles. The Morgan fingerprint density at radius 3 is 2.39 bits per heavy atom. The minimum atomic E-state index is -0.577. The van der Waals surface area contributed by atoms with E-state index >= 15 is 0 Å². The number of hydrogen-bond acceptors (Lipinski definition) is 4. The summed E-state index contributed by atoms with van der Waals surface area (Å²) in [6.07, 6.45) is 0.543. The lowest BCUT2D eigenvalue weighted by molar-refractivity contribution is 0.151. The molecular weight excluding hydrogens is 232 g/mol. The van der Waals surface area contributed by atoms with Crippen molar-refractivity contribution in [3.8, 4) is 11.5 Å². The van der Waals surface area contributed by atoms with E-state index in [0.29, 0.717) is 37.6 Å². The van der Waals surface area contributed by atoms with Gasteiger partial charge in [0.15, 0.2) is 11.5 Å². The zero-order valence-corrected chi connectivity index (χ0v) is 11.1. The molecule has 1 aromatic rings. The van der Waals surface area contributed by atoms with Crippen molar-refractivity contribution < 1.29 is 19.7 Å². The molecule has 102 valence electrons. The molecule has 2 N–H and O–H groups in total. The number of benzene rings is 1. The lowest BCUT2D eigenvalue weighted by Gasteiger charge is -2.15. The smallest absolute Gasteiger partial charge is 0.161 e. The average Bonchev–Trinajstić information content (AvgIpc) is 2.38. The van der Waals surface area contributed by atoms with Gasteiger partial charge in [0.2, 0.25) is 0 Å². The zero-order valence-electron chi connectivity index (χ0n) is 11.1. The quantitative estimate of drug-likeness (QED) is 0.747. The third-order valence-corrected chi connectivity index (χ3v) is 2.59. The van der Waals surface area contributed by atoms with Crippen LogP contribution >= 0.6 is 0 Å². The summed E-state index contributed by atoms with van der Waals surface area (Å²) in [6.45, 7) is 5.04. The number of ether oxygens (including phenoxy) is 2. The first-order chi connectivity index (χ1) is 8.72. The maximum absolute atomic E-state index is 9.96. The van der Waals surface area contributed by atoms with Crippen LogP contribution < -0.4 is 9.47 Å². The first-order valence-corrected chi connectivity index (χ1v) is 6.41. The van der Waals surface area contributed by atoms with Crippen LogP contribution in [0.1, 0.15) is 38.4 Å². The van der Waals surface area contributed by atoms with Crippen LogP contribution in [0.3, 0.4) is 0 Å². The van der Waals surface area contributed by atoms with Gasteiger partial charge in [-0.1, -0.05) is 6.07 Å². The molecule has 0 radical (unpaired) electrons. The maximum Gasteiger partial charge on any atom is 0.161 e. The first-order valence-electron chi connectivity index (χ1n) is 6.41. The molecule has 0 fully saturated rings. The van der Waals surface area contributed by atoms with Gasteiger partial charge >= 0.3 is 0 Å². The molecular formula is C14H22O4.